The minimum Gasteiger partial charge on any atom is -0.489 e. The summed E-state index contributed by atoms with van der Waals surface area (Å²) in [5.74, 6) is -0.836. The average Bonchev–Trinajstić information content (AvgIpc) is 3.09. The van der Waals surface area contributed by atoms with Crippen LogP contribution in [0.1, 0.15) is 31.4 Å². The Kier molecular flexibility index (Phi) is 8.20. The molecular weight excluding hydrogens is 539 g/mol. The van der Waals surface area contributed by atoms with Crippen LogP contribution in [0.2, 0.25) is 10.2 Å². The van der Waals surface area contributed by atoms with E-state index in [-0.39, 0.29) is 15.4 Å². The summed E-state index contributed by atoms with van der Waals surface area (Å²) < 4.78 is 6.12. The minimum absolute atomic E-state index is 0.0770. The molecule has 0 saturated carbocycles. The molecule has 1 atom stereocenters. The number of hydrogen-bond donors (Lipinski definition) is 1. The number of rotatable bonds is 8. The van der Waals surface area contributed by atoms with Crippen LogP contribution in [0.25, 0.3) is 17.0 Å². The van der Waals surface area contributed by atoms with Crippen LogP contribution in [0.15, 0.2) is 53.4 Å². The SMILES string of the molecule is CC(C)C[C@@H](C(=O)O)N1C(=O)/C(=C/c2cc3cc(OCc4ccccc4Cl)ccc3nc2Cl)SC1=S. The van der Waals surface area contributed by atoms with E-state index < -0.39 is 17.9 Å². The predicted molar refractivity (Wildman–Crippen MR) is 148 cm³/mol. The second kappa shape index (κ2) is 11.2. The highest BCUT2D eigenvalue weighted by atomic mass is 35.5. The Bertz CT molecular complexity index is 1390. The zero-order chi connectivity index (χ0) is 26.0. The normalized spacial score (nSPS) is 15.8. The largest absolute Gasteiger partial charge is 0.489 e. The number of carboxylic acids is 1. The van der Waals surface area contributed by atoms with Crippen molar-refractivity contribution in [1.82, 2.24) is 9.88 Å². The van der Waals surface area contributed by atoms with Crippen LogP contribution < -0.4 is 4.74 Å². The fraction of sp³-hybridized carbons (Fsp3) is 0.231. The molecule has 1 saturated heterocycles. The lowest BCUT2D eigenvalue weighted by Crippen LogP contribution is -2.44. The van der Waals surface area contributed by atoms with Crippen LogP contribution in [0.5, 0.6) is 5.75 Å². The van der Waals surface area contributed by atoms with Crippen molar-refractivity contribution in [2.24, 2.45) is 5.92 Å². The number of thioether (sulfide) groups is 1. The molecule has 0 spiro atoms. The van der Waals surface area contributed by atoms with Gasteiger partial charge in [-0.05, 0) is 48.7 Å². The second-order valence-electron chi connectivity index (χ2n) is 8.64. The fourth-order valence-electron chi connectivity index (χ4n) is 3.77. The Morgan fingerprint density at radius 1 is 1.22 bits per heavy atom. The highest BCUT2D eigenvalue weighted by Gasteiger charge is 2.40. The molecule has 2 heterocycles. The lowest BCUT2D eigenvalue weighted by atomic mass is 10.0. The number of nitrogens with zero attached hydrogens (tertiary/aromatic N) is 2. The van der Waals surface area contributed by atoms with Crippen LogP contribution in [-0.4, -0.2) is 37.2 Å². The van der Waals surface area contributed by atoms with Crippen molar-refractivity contribution in [3.63, 3.8) is 0 Å². The van der Waals surface area contributed by atoms with Gasteiger partial charge in [0.05, 0.1) is 10.4 Å². The van der Waals surface area contributed by atoms with Crippen LogP contribution in [-0.2, 0) is 16.2 Å². The number of aliphatic carboxylic acids is 1. The third kappa shape index (κ3) is 5.83. The van der Waals surface area contributed by atoms with Crippen LogP contribution in [0.3, 0.4) is 0 Å². The lowest BCUT2D eigenvalue weighted by molar-refractivity contribution is -0.145. The van der Waals surface area contributed by atoms with Crippen LogP contribution >= 0.6 is 47.2 Å². The molecule has 186 valence electrons. The number of thiocarbonyl (C=S) groups is 1. The van der Waals surface area contributed by atoms with Gasteiger partial charge < -0.3 is 9.84 Å². The summed E-state index contributed by atoms with van der Waals surface area (Å²) in [5.41, 5.74) is 2.05. The number of carbonyl (C=O) groups excluding carboxylic acids is 1. The number of fused-ring (bicyclic) bond motifs is 1. The number of ether oxygens (including phenoxy) is 1. The van der Waals surface area contributed by atoms with E-state index in [0.717, 1.165) is 22.7 Å². The van der Waals surface area contributed by atoms with Gasteiger partial charge in [-0.2, -0.15) is 0 Å². The number of benzene rings is 2. The van der Waals surface area contributed by atoms with E-state index in [1.807, 2.05) is 50.2 Å². The van der Waals surface area contributed by atoms with E-state index in [0.29, 0.717) is 39.8 Å². The third-order valence-electron chi connectivity index (χ3n) is 5.52. The molecular formula is C26H22Cl2N2O4S2. The van der Waals surface area contributed by atoms with E-state index in [1.165, 1.54) is 4.90 Å². The van der Waals surface area contributed by atoms with E-state index >= 15 is 0 Å². The Morgan fingerprint density at radius 3 is 2.67 bits per heavy atom. The number of pyridine rings is 1. The third-order valence-corrected chi connectivity index (χ3v) is 7.52. The smallest absolute Gasteiger partial charge is 0.326 e. The molecule has 0 radical (unpaired) electrons. The first-order chi connectivity index (χ1) is 17.1. The molecule has 2 aromatic carbocycles. The summed E-state index contributed by atoms with van der Waals surface area (Å²) in [6.45, 7) is 4.11. The molecule has 1 amide bonds. The Hall–Kier alpha value is -2.65. The topological polar surface area (TPSA) is 79.7 Å². The summed E-state index contributed by atoms with van der Waals surface area (Å²) in [5, 5.41) is 11.3. The minimum atomic E-state index is -1.09. The number of hydrogen-bond acceptors (Lipinski definition) is 6. The van der Waals surface area contributed by atoms with E-state index in [2.05, 4.69) is 4.98 Å². The van der Waals surface area contributed by atoms with Gasteiger partial charge >= 0.3 is 5.97 Å². The van der Waals surface area contributed by atoms with E-state index in [4.69, 9.17) is 40.2 Å². The Labute approximate surface area is 228 Å². The highest BCUT2D eigenvalue weighted by molar-refractivity contribution is 8.26. The number of aromatic nitrogens is 1. The first-order valence-electron chi connectivity index (χ1n) is 11.1. The molecule has 1 aliphatic heterocycles. The first kappa shape index (κ1) is 26.4. The summed E-state index contributed by atoms with van der Waals surface area (Å²) >= 11 is 19.0. The molecule has 4 rings (SSSR count). The van der Waals surface area contributed by atoms with E-state index in [1.54, 1.807) is 18.2 Å². The molecule has 1 aromatic heterocycles. The van der Waals surface area contributed by atoms with Crippen molar-refractivity contribution in [3.8, 4) is 5.75 Å². The quantitative estimate of drug-likeness (QED) is 0.184. The van der Waals surface area contributed by atoms with Crippen molar-refractivity contribution in [3.05, 3.63) is 74.7 Å². The maximum atomic E-state index is 13.1. The van der Waals surface area contributed by atoms with Crippen molar-refractivity contribution in [2.45, 2.75) is 32.9 Å². The molecule has 3 aromatic rings. The molecule has 0 aliphatic carbocycles. The van der Waals surface area contributed by atoms with Gasteiger partial charge in [-0.3, -0.25) is 9.69 Å². The predicted octanol–water partition coefficient (Wildman–Crippen LogP) is 6.82. The van der Waals surface area contributed by atoms with Gasteiger partial charge in [-0.1, -0.05) is 79.2 Å². The van der Waals surface area contributed by atoms with Crippen molar-refractivity contribution in [1.29, 1.82) is 0 Å². The molecule has 1 N–H and O–H groups in total. The average molecular weight is 562 g/mol. The highest BCUT2D eigenvalue weighted by Crippen LogP contribution is 2.36. The molecule has 10 heteroatoms. The fourth-order valence-corrected chi connectivity index (χ4v) is 5.51. The van der Waals surface area contributed by atoms with Gasteiger partial charge in [-0.15, -0.1) is 0 Å². The first-order valence-corrected chi connectivity index (χ1v) is 13.1. The molecule has 36 heavy (non-hydrogen) atoms. The number of amides is 1. The molecule has 0 unspecified atom stereocenters. The summed E-state index contributed by atoms with van der Waals surface area (Å²) in [6.07, 6.45) is 1.89. The maximum absolute atomic E-state index is 13.1. The van der Waals surface area contributed by atoms with Gasteiger partial charge in [0.25, 0.3) is 5.91 Å². The number of carboxylic acid groups (broad SMARTS) is 1. The number of carbonyl (C=O) groups is 2. The summed E-state index contributed by atoms with van der Waals surface area (Å²) in [7, 11) is 0. The zero-order valence-corrected chi connectivity index (χ0v) is 22.5. The van der Waals surface area contributed by atoms with Crippen molar-refractivity contribution < 1.29 is 19.4 Å². The van der Waals surface area contributed by atoms with Crippen LogP contribution in [0.4, 0.5) is 0 Å². The maximum Gasteiger partial charge on any atom is 0.326 e. The standard InChI is InChI=1S/C26H22Cl2N2O4S2/c1-14(2)9-21(25(32)33)30-24(31)22(36-26(30)35)12-17-10-16-11-18(7-8-20(16)29-23(17)28)34-13-15-5-3-4-6-19(15)27/h3-8,10-12,14,21H,9,13H2,1-2H3,(H,32,33)/b22-12-/t21-/m0/s1. The van der Waals surface area contributed by atoms with Gasteiger partial charge in [0.1, 0.15) is 27.9 Å². The Balaban J connectivity index is 1.60. The van der Waals surface area contributed by atoms with Crippen LogP contribution in [0, 0.1) is 5.92 Å². The van der Waals surface area contributed by atoms with Gasteiger partial charge in [0, 0.05) is 21.5 Å². The van der Waals surface area contributed by atoms with E-state index in [9.17, 15) is 14.7 Å². The zero-order valence-electron chi connectivity index (χ0n) is 19.4. The summed E-state index contributed by atoms with van der Waals surface area (Å²) in [4.78, 5) is 30.9. The second-order valence-corrected chi connectivity index (χ2v) is 11.1. The lowest BCUT2D eigenvalue weighted by Gasteiger charge is -2.24. The van der Waals surface area contributed by atoms with Crippen molar-refractivity contribution >= 4 is 80.4 Å². The van der Waals surface area contributed by atoms with Gasteiger partial charge in [0.15, 0.2) is 0 Å². The van der Waals surface area contributed by atoms with Gasteiger partial charge in [-0.25, -0.2) is 9.78 Å². The number of halogens is 2. The molecule has 1 fully saturated rings. The summed E-state index contributed by atoms with van der Waals surface area (Å²) in [6, 6.07) is 13.7. The molecule has 6 nitrogen and oxygen atoms in total. The molecule has 1 aliphatic rings. The monoisotopic (exact) mass is 560 g/mol. The Morgan fingerprint density at radius 2 is 1.97 bits per heavy atom. The van der Waals surface area contributed by atoms with Gasteiger partial charge in [0.2, 0.25) is 0 Å². The van der Waals surface area contributed by atoms with Crippen molar-refractivity contribution in [2.75, 3.05) is 0 Å². The molecule has 0 bridgehead atoms.